The molecule has 0 saturated carbocycles. The molecule has 0 bridgehead atoms. The molecule has 0 fully saturated rings. The summed E-state index contributed by atoms with van der Waals surface area (Å²) in [6.07, 6.45) is -4.79. The number of alkyl halides is 3. The molecule has 0 aliphatic heterocycles. The largest absolute Gasteiger partial charge is 0.569 e. The summed E-state index contributed by atoms with van der Waals surface area (Å²) in [7, 11) is -3.37. The van der Waals surface area contributed by atoms with Gasteiger partial charge in [0.25, 0.3) is 22.7 Å². The Hall–Kier alpha value is -5.45. The van der Waals surface area contributed by atoms with Gasteiger partial charge in [-0.2, -0.15) is 18.3 Å². The zero-order valence-electron chi connectivity index (χ0n) is 25.9. The van der Waals surface area contributed by atoms with E-state index >= 15 is 0 Å². The number of amides is 1. The minimum atomic E-state index is -4.73. The maximum Gasteiger partial charge on any atom is 0.435 e. The van der Waals surface area contributed by atoms with Crippen LogP contribution in [-0.4, -0.2) is 59.9 Å². The highest BCUT2D eigenvalue weighted by molar-refractivity contribution is 7.90. The molecule has 254 valence electrons. The van der Waals surface area contributed by atoms with E-state index < -0.39 is 46.6 Å². The minimum absolute atomic E-state index is 0.0670. The fraction of sp³-hybridized carbons (Fsp3) is 0.258. The number of sulfonamides is 1. The second-order valence-corrected chi connectivity index (χ2v) is 12.1. The van der Waals surface area contributed by atoms with Crippen molar-refractivity contribution < 1.29 is 45.7 Å². The zero-order chi connectivity index (χ0) is 35.1. The molecule has 1 aromatic heterocycles. The van der Waals surface area contributed by atoms with Crippen LogP contribution in [0.25, 0.3) is 16.9 Å². The molecule has 0 aliphatic carbocycles. The number of hydrazine groups is 1. The lowest BCUT2D eigenvalue weighted by Crippen LogP contribution is -2.50. The number of carbonyl (C=O) groups is 2. The van der Waals surface area contributed by atoms with Gasteiger partial charge in [-0.05, 0) is 42.8 Å². The molecule has 1 N–H and O–H groups in total. The summed E-state index contributed by atoms with van der Waals surface area (Å²) in [5, 5.41) is 20.4. The fourth-order valence-electron chi connectivity index (χ4n) is 4.35. The van der Waals surface area contributed by atoms with Gasteiger partial charge in [-0.1, -0.05) is 67.1 Å². The Morgan fingerprint density at radius 1 is 1.06 bits per heavy atom. The Bertz CT molecular complexity index is 1870. The summed E-state index contributed by atoms with van der Waals surface area (Å²) < 4.78 is 75.0. The van der Waals surface area contributed by atoms with Gasteiger partial charge in [0.1, 0.15) is 0 Å². The number of aromatic nitrogens is 2. The molecule has 4 rings (SSSR count). The normalized spacial score (nSPS) is 12.7. The van der Waals surface area contributed by atoms with Gasteiger partial charge in [0, 0.05) is 18.4 Å². The van der Waals surface area contributed by atoms with Crippen LogP contribution in [0.3, 0.4) is 0 Å². The van der Waals surface area contributed by atoms with Crippen molar-refractivity contribution in [1.29, 1.82) is 0 Å². The van der Waals surface area contributed by atoms with Gasteiger partial charge in [-0.15, -0.1) is 5.01 Å². The van der Waals surface area contributed by atoms with E-state index in [9.17, 15) is 36.4 Å². The molecule has 0 aliphatic rings. The van der Waals surface area contributed by atoms with E-state index in [-0.39, 0.29) is 34.1 Å². The van der Waals surface area contributed by atoms with Crippen molar-refractivity contribution in [3.05, 3.63) is 107 Å². The first-order valence-electron chi connectivity index (χ1n) is 14.3. The topological polar surface area (TPSA) is 158 Å². The molecule has 4 aromatic rings. The van der Waals surface area contributed by atoms with E-state index in [1.165, 1.54) is 19.2 Å². The first kappa shape index (κ1) is 35.4. The van der Waals surface area contributed by atoms with Crippen LogP contribution >= 0.6 is 0 Å². The average molecular weight is 689 g/mol. The lowest BCUT2D eigenvalue weighted by atomic mass is 10.1. The highest BCUT2D eigenvalue weighted by Gasteiger charge is 2.36. The smallest absolute Gasteiger partial charge is 0.435 e. The van der Waals surface area contributed by atoms with Gasteiger partial charge in [-0.25, -0.2) is 17.8 Å². The number of aryl methyl sites for hydroxylation is 1. The van der Waals surface area contributed by atoms with Crippen molar-refractivity contribution in [2.45, 2.75) is 43.8 Å². The summed E-state index contributed by atoms with van der Waals surface area (Å²) in [5.41, 5.74) is 1.04. The van der Waals surface area contributed by atoms with Crippen LogP contribution in [-0.2, 0) is 41.8 Å². The van der Waals surface area contributed by atoms with Crippen LogP contribution in [0.4, 0.5) is 13.2 Å². The summed E-state index contributed by atoms with van der Waals surface area (Å²) in [4.78, 5) is 28.8. The van der Waals surface area contributed by atoms with Crippen molar-refractivity contribution in [3.8, 4) is 16.9 Å². The van der Waals surface area contributed by atoms with E-state index in [4.69, 9.17) is 0 Å². The number of hydrogen-bond acceptors (Lipinski definition) is 9. The van der Waals surface area contributed by atoms with Gasteiger partial charge in [0.2, 0.25) is 5.28 Å². The summed E-state index contributed by atoms with van der Waals surface area (Å²) >= 11 is 0. The van der Waals surface area contributed by atoms with Crippen LogP contribution in [0.2, 0.25) is 0 Å². The van der Waals surface area contributed by atoms with Gasteiger partial charge >= 0.3 is 12.1 Å². The predicted molar refractivity (Wildman–Crippen MR) is 164 cm³/mol. The monoisotopic (exact) mass is 688 g/mol. The minimum Gasteiger partial charge on any atom is -0.569 e. The lowest BCUT2D eigenvalue weighted by molar-refractivity contribution is -0.710. The van der Waals surface area contributed by atoms with Crippen LogP contribution in [0, 0.1) is 12.1 Å². The first-order valence-corrected chi connectivity index (χ1v) is 15.8. The molecule has 1 heterocycles. The molecule has 3 aromatic carbocycles. The Morgan fingerprint density at radius 3 is 2.31 bits per heavy atom. The number of carbonyl (C=O) groups excluding carboxylic acids is 2. The maximum absolute atomic E-state index is 13.6. The molecule has 0 radical (unpaired) electrons. The SMILES string of the molecule is CCC(=O)OCON=[N+]([O-])N(C)[C@@H](Cc1ccccc1)C(=O)NS(=O)(=O)c1ccc(-n2nc(C(F)(F)F)cc2-c2ccc(C)cc2)cc1. The van der Waals surface area contributed by atoms with Crippen molar-refractivity contribution in [1.82, 2.24) is 19.5 Å². The average Bonchev–Trinajstić information content (AvgIpc) is 3.52. The van der Waals surface area contributed by atoms with Gasteiger partial charge in [0.05, 0.1) is 28.3 Å². The van der Waals surface area contributed by atoms with Gasteiger partial charge in [-0.3, -0.25) is 9.59 Å². The van der Waals surface area contributed by atoms with Crippen molar-refractivity contribution >= 4 is 21.9 Å². The molecule has 0 unspecified atom stereocenters. The number of nitrogens with one attached hydrogen (secondary N) is 1. The lowest BCUT2D eigenvalue weighted by Gasteiger charge is -2.23. The van der Waals surface area contributed by atoms with Crippen molar-refractivity contribution in [2.75, 3.05) is 13.8 Å². The third-order valence-electron chi connectivity index (χ3n) is 6.96. The quantitative estimate of drug-likeness (QED) is 0.0513. The second-order valence-electron chi connectivity index (χ2n) is 10.4. The molecule has 17 heteroatoms. The van der Waals surface area contributed by atoms with Crippen LogP contribution in [0.15, 0.2) is 95.1 Å². The zero-order valence-corrected chi connectivity index (χ0v) is 26.7. The maximum atomic E-state index is 13.6. The Kier molecular flexibility index (Phi) is 11.0. The summed E-state index contributed by atoms with van der Waals surface area (Å²) in [6, 6.07) is 19.4. The number of esters is 1. The molecule has 1 amide bonds. The number of hydrogen-bond donors (Lipinski definition) is 1. The third kappa shape index (κ3) is 8.87. The molecule has 0 spiro atoms. The highest BCUT2D eigenvalue weighted by atomic mass is 32.2. The standard InChI is InChI=1S/C31H31F3N6O7S/c1-4-29(41)46-20-47-37-40(43)38(3)27(18-22-8-6-5-7-9-22)30(42)36-48(44,45)25-16-14-24(15-17-25)39-26(19-28(35-39)31(32,33)34)23-12-10-21(2)11-13-23/h5-17,19,27H,4,18,20H2,1-3H3,(H,36,42)/t27-/m0/s1. The Morgan fingerprint density at radius 2 is 1.71 bits per heavy atom. The number of rotatable bonds is 13. The van der Waals surface area contributed by atoms with Crippen molar-refractivity contribution in [3.63, 3.8) is 0 Å². The van der Waals surface area contributed by atoms with Crippen LogP contribution in [0.5, 0.6) is 0 Å². The van der Waals surface area contributed by atoms with E-state index in [1.807, 2.05) is 11.6 Å². The highest BCUT2D eigenvalue weighted by Crippen LogP contribution is 2.33. The fourth-order valence-corrected chi connectivity index (χ4v) is 5.36. The number of ether oxygens (including phenoxy) is 1. The number of halogens is 3. The van der Waals surface area contributed by atoms with E-state index in [2.05, 4.69) is 20.0 Å². The van der Waals surface area contributed by atoms with Crippen LogP contribution in [0.1, 0.15) is 30.2 Å². The number of likely N-dealkylation sites (N-methyl/N-ethyl adjacent to an activating group) is 1. The Balaban J connectivity index is 1.58. The molecule has 13 nitrogen and oxygen atoms in total. The van der Waals surface area contributed by atoms with E-state index in [0.717, 1.165) is 33.5 Å². The molecule has 0 saturated heterocycles. The number of benzene rings is 3. The van der Waals surface area contributed by atoms with Crippen LogP contribution < -0.4 is 4.72 Å². The number of nitrogens with zero attached hydrogens (tertiary/aromatic N) is 5. The molecular formula is C31H31F3N6O7S. The van der Waals surface area contributed by atoms with Gasteiger partial charge < -0.3 is 14.8 Å². The second kappa shape index (κ2) is 15.0. The third-order valence-corrected chi connectivity index (χ3v) is 8.32. The predicted octanol–water partition coefficient (Wildman–Crippen LogP) is 4.93. The first-order chi connectivity index (χ1) is 22.7. The molecule has 48 heavy (non-hydrogen) atoms. The van der Waals surface area contributed by atoms with Crippen molar-refractivity contribution in [2.24, 2.45) is 5.28 Å². The van der Waals surface area contributed by atoms with E-state index in [0.29, 0.717) is 11.1 Å². The molecule has 1 atom stereocenters. The van der Waals surface area contributed by atoms with Gasteiger partial charge in [0.15, 0.2) is 11.7 Å². The Labute approximate surface area is 273 Å². The van der Waals surface area contributed by atoms with E-state index in [1.54, 1.807) is 61.5 Å². The molecular weight excluding hydrogens is 657 g/mol. The summed E-state index contributed by atoms with van der Waals surface area (Å²) in [5.74, 6) is -1.69. The summed E-state index contributed by atoms with van der Waals surface area (Å²) in [6.45, 7) is 2.72.